The van der Waals surface area contributed by atoms with Gasteiger partial charge >= 0.3 is 0 Å². The van der Waals surface area contributed by atoms with E-state index in [1.165, 1.54) is 0 Å². The van der Waals surface area contributed by atoms with Crippen LogP contribution in [0.2, 0.25) is 10.0 Å². The van der Waals surface area contributed by atoms with Crippen molar-refractivity contribution in [3.8, 4) is 0 Å². The Morgan fingerprint density at radius 3 is 2.31 bits per heavy atom. The number of benzene rings is 1. The van der Waals surface area contributed by atoms with Crippen molar-refractivity contribution in [1.82, 2.24) is 15.3 Å². The number of aromatic nitrogens is 2. The lowest BCUT2D eigenvalue weighted by Gasteiger charge is -2.39. The van der Waals surface area contributed by atoms with E-state index in [0.717, 1.165) is 24.2 Å². The SMILES string of the molecule is C=CCNC(=O)C12CCC(C)(c3nc4cc(Cl)c(Cl)cc4nc31)C2(C)C. The first-order chi connectivity index (χ1) is 12.2. The van der Waals surface area contributed by atoms with Crippen LogP contribution in [0.1, 0.15) is 45.0 Å². The van der Waals surface area contributed by atoms with Gasteiger partial charge in [-0.05, 0) is 30.4 Å². The smallest absolute Gasteiger partial charge is 0.233 e. The van der Waals surface area contributed by atoms with Crippen LogP contribution in [0.25, 0.3) is 11.0 Å². The molecule has 0 radical (unpaired) electrons. The predicted molar refractivity (Wildman–Crippen MR) is 105 cm³/mol. The highest BCUT2D eigenvalue weighted by molar-refractivity contribution is 6.42. The Balaban J connectivity index is 2.01. The maximum Gasteiger partial charge on any atom is 0.233 e. The number of nitrogens with zero attached hydrogens (tertiary/aromatic N) is 2. The minimum Gasteiger partial charge on any atom is -0.352 e. The summed E-state index contributed by atoms with van der Waals surface area (Å²) in [6, 6.07) is 3.47. The number of fused-ring (bicyclic) bond motifs is 6. The van der Waals surface area contributed by atoms with Crippen molar-refractivity contribution in [2.24, 2.45) is 5.41 Å². The van der Waals surface area contributed by atoms with E-state index in [9.17, 15) is 4.79 Å². The van der Waals surface area contributed by atoms with Crippen molar-refractivity contribution in [2.45, 2.75) is 44.4 Å². The van der Waals surface area contributed by atoms with Crippen molar-refractivity contribution in [2.75, 3.05) is 6.54 Å². The maximum absolute atomic E-state index is 13.3. The van der Waals surface area contributed by atoms with Crippen LogP contribution in [0.5, 0.6) is 0 Å². The van der Waals surface area contributed by atoms with Gasteiger partial charge in [-0.25, -0.2) is 9.97 Å². The Hall–Kier alpha value is -1.65. The van der Waals surface area contributed by atoms with E-state index < -0.39 is 5.41 Å². The number of carbonyl (C=O) groups excluding carboxylic acids is 1. The fourth-order valence-corrected chi connectivity index (χ4v) is 5.23. The summed E-state index contributed by atoms with van der Waals surface area (Å²) < 4.78 is 0. The van der Waals surface area contributed by atoms with Crippen molar-refractivity contribution >= 4 is 40.1 Å². The summed E-state index contributed by atoms with van der Waals surface area (Å²) in [7, 11) is 0. The van der Waals surface area contributed by atoms with Gasteiger partial charge in [0.25, 0.3) is 0 Å². The average Bonchev–Trinajstić information content (AvgIpc) is 2.88. The van der Waals surface area contributed by atoms with Gasteiger partial charge in [0.05, 0.1) is 37.9 Å². The van der Waals surface area contributed by atoms with Gasteiger partial charge in [0, 0.05) is 12.0 Å². The lowest BCUT2D eigenvalue weighted by atomic mass is 9.63. The molecule has 136 valence electrons. The summed E-state index contributed by atoms with van der Waals surface area (Å²) >= 11 is 12.3. The maximum atomic E-state index is 13.3. The van der Waals surface area contributed by atoms with Gasteiger partial charge in [-0.1, -0.05) is 50.0 Å². The minimum absolute atomic E-state index is 0.00131. The molecule has 0 saturated heterocycles. The van der Waals surface area contributed by atoms with Crippen molar-refractivity contribution in [3.05, 3.63) is 46.2 Å². The molecule has 2 aromatic rings. The topological polar surface area (TPSA) is 54.9 Å². The van der Waals surface area contributed by atoms with Crippen LogP contribution < -0.4 is 5.32 Å². The van der Waals surface area contributed by atoms with Gasteiger partial charge in [0.15, 0.2) is 0 Å². The van der Waals surface area contributed by atoms with Crippen LogP contribution >= 0.6 is 23.2 Å². The van der Waals surface area contributed by atoms with Crippen LogP contribution in [-0.2, 0) is 15.6 Å². The van der Waals surface area contributed by atoms with Gasteiger partial charge in [-0.2, -0.15) is 0 Å². The van der Waals surface area contributed by atoms with Crippen molar-refractivity contribution in [1.29, 1.82) is 0 Å². The Labute approximate surface area is 163 Å². The third kappa shape index (κ3) is 1.89. The fraction of sp³-hybridized carbons (Fsp3) is 0.450. The summed E-state index contributed by atoms with van der Waals surface area (Å²) in [5.74, 6) is -0.00131. The monoisotopic (exact) mass is 389 g/mol. The first-order valence-electron chi connectivity index (χ1n) is 8.76. The minimum atomic E-state index is -0.701. The van der Waals surface area contributed by atoms with E-state index in [-0.39, 0.29) is 16.7 Å². The number of hydrogen-bond acceptors (Lipinski definition) is 3. The number of hydrogen-bond donors (Lipinski definition) is 1. The summed E-state index contributed by atoms with van der Waals surface area (Å²) in [6.07, 6.45) is 3.35. The summed E-state index contributed by atoms with van der Waals surface area (Å²) in [5, 5.41) is 3.90. The molecule has 0 spiro atoms. The molecule has 2 bridgehead atoms. The predicted octanol–water partition coefficient (Wildman–Crippen LogP) is 4.57. The molecule has 1 saturated carbocycles. The van der Waals surface area contributed by atoms with Gasteiger partial charge in [0.2, 0.25) is 5.91 Å². The van der Waals surface area contributed by atoms with Gasteiger partial charge in [-0.15, -0.1) is 6.58 Å². The van der Waals surface area contributed by atoms with Gasteiger partial charge in [-0.3, -0.25) is 4.79 Å². The van der Waals surface area contributed by atoms with E-state index >= 15 is 0 Å². The van der Waals surface area contributed by atoms with E-state index in [4.69, 9.17) is 33.2 Å². The van der Waals surface area contributed by atoms with Crippen LogP contribution in [-0.4, -0.2) is 22.4 Å². The lowest BCUT2D eigenvalue weighted by molar-refractivity contribution is -0.130. The summed E-state index contributed by atoms with van der Waals surface area (Å²) in [5.41, 5.74) is 1.84. The molecular formula is C20H21Cl2N3O. The van der Waals surface area contributed by atoms with E-state index in [0.29, 0.717) is 27.6 Å². The second-order valence-electron chi connectivity index (χ2n) is 8.04. The molecule has 1 fully saturated rings. The number of carbonyl (C=O) groups is 1. The number of rotatable bonds is 3. The Kier molecular flexibility index (Phi) is 3.71. The molecule has 1 aromatic heterocycles. The molecule has 1 amide bonds. The molecule has 2 aliphatic rings. The average molecular weight is 390 g/mol. The quantitative estimate of drug-likeness (QED) is 0.782. The molecule has 2 atom stereocenters. The van der Waals surface area contributed by atoms with Crippen LogP contribution in [0, 0.1) is 5.41 Å². The molecular weight excluding hydrogens is 369 g/mol. The van der Waals surface area contributed by atoms with Crippen LogP contribution in [0.3, 0.4) is 0 Å². The first kappa shape index (κ1) is 17.7. The second kappa shape index (κ2) is 5.43. The Morgan fingerprint density at radius 2 is 1.73 bits per heavy atom. The molecule has 4 rings (SSSR count). The molecule has 1 heterocycles. The lowest BCUT2D eigenvalue weighted by Crippen LogP contribution is -2.51. The zero-order valence-corrected chi connectivity index (χ0v) is 16.6. The third-order valence-electron chi connectivity index (χ3n) is 6.87. The summed E-state index contributed by atoms with van der Waals surface area (Å²) in [6.45, 7) is 10.6. The Bertz CT molecular complexity index is 971. The van der Waals surface area contributed by atoms with E-state index in [1.54, 1.807) is 18.2 Å². The highest BCUT2D eigenvalue weighted by Crippen LogP contribution is 2.70. The number of amides is 1. The molecule has 2 unspecified atom stereocenters. The molecule has 0 aliphatic heterocycles. The van der Waals surface area contributed by atoms with E-state index in [1.807, 2.05) is 0 Å². The molecule has 1 N–H and O–H groups in total. The van der Waals surface area contributed by atoms with E-state index in [2.05, 4.69) is 32.7 Å². The highest BCUT2D eigenvalue weighted by atomic mass is 35.5. The third-order valence-corrected chi connectivity index (χ3v) is 7.60. The largest absolute Gasteiger partial charge is 0.352 e. The zero-order valence-electron chi connectivity index (χ0n) is 15.1. The first-order valence-corrected chi connectivity index (χ1v) is 9.51. The molecule has 6 heteroatoms. The molecule has 1 aromatic carbocycles. The Morgan fingerprint density at radius 1 is 1.15 bits per heavy atom. The molecule has 2 aliphatic carbocycles. The standard InChI is InChI=1S/C20H21Cl2N3O/c1-5-8-23-17(26)20-7-6-19(4,18(20,2)3)15-16(20)25-14-10-12(22)11(21)9-13(14)24-15/h5,9-10H,1,6-8H2,2-4H3,(H,23,26). The van der Waals surface area contributed by atoms with Crippen molar-refractivity contribution < 1.29 is 4.79 Å². The number of nitrogens with one attached hydrogen (secondary N) is 1. The summed E-state index contributed by atoms with van der Waals surface area (Å²) in [4.78, 5) is 23.1. The normalized spacial score (nSPS) is 28.2. The zero-order chi connectivity index (χ0) is 18.9. The van der Waals surface area contributed by atoms with Crippen LogP contribution in [0.4, 0.5) is 0 Å². The second-order valence-corrected chi connectivity index (χ2v) is 8.85. The van der Waals surface area contributed by atoms with Gasteiger partial charge in [0.1, 0.15) is 0 Å². The van der Waals surface area contributed by atoms with Crippen LogP contribution in [0.15, 0.2) is 24.8 Å². The fourth-order valence-electron chi connectivity index (χ4n) is 4.92. The molecule has 4 nitrogen and oxygen atoms in total. The number of halogens is 2. The highest BCUT2D eigenvalue weighted by Gasteiger charge is 2.73. The molecule has 26 heavy (non-hydrogen) atoms. The van der Waals surface area contributed by atoms with Gasteiger partial charge < -0.3 is 5.32 Å². The van der Waals surface area contributed by atoms with Crippen molar-refractivity contribution in [3.63, 3.8) is 0 Å².